The molecule has 26 heavy (non-hydrogen) atoms. The average molecular weight is 398 g/mol. The predicted octanol–water partition coefficient (Wildman–Crippen LogP) is 4.20. The molecule has 0 aliphatic heterocycles. The van der Waals surface area contributed by atoms with Crippen molar-refractivity contribution in [1.82, 2.24) is 0 Å². The van der Waals surface area contributed by atoms with Crippen LogP contribution in [0.3, 0.4) is 0 Å². The number of phenolic OH excluding ortho intramolecular Hbond substituents is 1. The van der Waals surface area contributed by atoms with Crippen molar-refractivity contribution in [2.24, 2.45) is 0 Å². The van der Waals surface area contributed by atoms with Gasteiger partial charge < -0.3 is 19.9 Å². The molecule has 0 atom stereocenters. The van der Waals surface area contributed by atoms with Crippen LogP contribution in [0.25, 0.3) is 0 Å². The summed E-state index contributed by atoms with van der Waals surface area (Å²) < 4.78 is 10.2. The lowest BCUT2D eigenvalue weighted by molar-refractivity contribution is -0.119. The Bertz CT molecular complexity index is 839. The molecule has 2 aromatic rings. The van der Waals surface area contributed by atoms with Crippen LogP contribution in [0.2, 0.25) is 10.0 Å². The van der Waals surface area contributed by atoms with E-state index in [2.05, 4.69) is 5.32 Å². The Morgan fingerprint density at radius 3 is 2.54 bits per heavy atom. The minimum atomic E-state index is -0.780. The molecule has 0 radical (unpaired) electrons. The van der Waals surface area contributed by atoms with E-state index in [1.807, 2.05) is 6.92 Å². The summed E-state index contributed by atoms with van der Waals surface area (Å²) in [4.78, 5) is 24.0. The molecule has 138 valence electrons. The Morgan fingerprint density at radius 2 is 1.88 bits per heavy atom. The van der Waals surface area contributed by atoms with Crippen LogP contribution in [0, 0.1) is 6.92 Å². The minimum absolute atomic E-state index is 0.0532. The number of halogens is 2. The number of nitrogens with one attached hydrogen (secondary N) is 1. The van der Waals surface area contributed by atoms with Gasteiger partial charge in [-0.1, -0.05) is 29.3 Å². The predicted molar refractivity (Wildman–Crippen MR) is 99.4 cm³/mol. The molecule has 0 heterocycles. The van der Waals surface area contributed by atoms with E-state index in [1.54, 1.807) is 25.1 Å². The fourth-order valence-corrected chi connectivity index (χ4v) is 2.57. The summed E-state index contributed by atoms with van der Waals surface area (Å²) in [5.41, 5.74) is 1.43. The van der Waals surface area contributed by atoms with Crippen LogP contribution in [0.15, 0.2) is 30.3 Å². The third-order valence-corrected chi connectivity index (χ3v) is 3.90. The van der Waals surface area contributed by atoms with Gasteiger partial charge in [0.15, 0.2) is 18.1 Å². The van der Waals surface area contributed by atoms with E-state index in [0.29, 0.717) is 10.7 Å². The number of hydrogen-bond donors (Lipinski definition) is 2. The molecular weight excluding hydrogens is 381 g/mol. The summed E-state index contributed by atoms with van der Waals surface area (Å²) >= 11 is 11.9. The largest absolute Gasteiger partial charge is 0.503 e. The van der Waals surface area contributed by atoms with Crippen molar-refractivity contribution in [3.63, 3.8) is 0 Å². The molecule has 8 heteroatoms. The number of aromatic hydroxyl groups is 1. The molecule has 6 nitrogen and oxygen atoms in total. The van der Waals surface area contributed by atoms with Gasteiger partial charge in [0.05, 0.1) is 27.9 Å². The van der Waals surface area contributed by atoms with Crippen molar-refractivity contribution in [2.45, 2.75) is 13.8 Å². The third-order valence-electron chi connectivity index (χ3n) is 3.30. The molecule has 0 aliphatic rings. The topological polar surface area (TPSA) is 84.9 Å². The van der Waals surface area contributed by atoms with E-state index in [9.17, 15) is 14.7 Å². The smallest absolute Gasteiger partial charge is 0.338 e. The molecule has 2 aromatic carbocycles. The molecular formula is C18H17Cl2NO5. The number of anilines is 1. The SMILES string of the molecule is CCOc1cc(C(=O)OCC(=O)Nc2ccc(C)cc2Cl)cc(Cl)c1O. The van der Waals surface area contributed by atoms with Gasteiger partial charge in [0.1, 0.15) is 0 Å². The highest BCUT2D eigenvalue weighted by atomic mass is 35.5. The zero-order valence-electron chi connectivity index (χ0n) is 14.1. The summed E-state index contributed by atoms with van der Waals surface area (Å²) in [6, 6.07) is 7.68. The Labute approximate surface area is 160 Å². The first kappa shape index (κ1) is 19.9. The number of rotatable bonds is 6. The number of ether oxygens (including phenoxy) is 2. The van der Waals surface area contributed by atoms with E-state index in [-0.39, 0.29) is 28.7 Å². The number of carbonyl (C=O) groups excluding carboxylic acids is 2. The van der Waals surface area contributed by atoms with Gasteiger partial charge >= 0.3 is 5.97 Å². The van der Waals surface area contributed by atoms with Crippen molar-refractivity contribution in [3.05, 3.63) is 51.5 Å². The maximum Gasteiger partial charge on any atom is 0.338 e. The summed E-state index contributed by atoms with van der Waals surface area (Å²) in [6.45, 7) is 3.37. The molecule has 0 aromatic heterocycles. The molecule has 0 spiro atoms. The van der Waals surface area contributed by atoms with Gasteiger partial charge in [-0.25, -0.2) is 4.79 Å². The molecule has 0 fully saturated rings. The van der Waals surface area contributed by atoms with E-state index < -0.39 is 18.5 Å². The number of benzene rings is 2. The van der Waals surface area contributed by atoms with Gasteiger partial charge in [-0.15, -0.1) is 0 Å². The summed E-state index contributed by atoms with van der Waals surface area (Å²) in [7, 11) is 0. The maximum absolute atomic E-state index is 12.1. The standard InChI is InChI=1S/C18H17Cl2NO5/c1-3-25-15-8-11(7-13(20)17(15)23)18(24)26-9-16(22)21-14-5-4-10(2)6-12(14)19/h4-8,23H,3,9H2,1-2H3,(H,21,22). The number of amides is 1. The molecule has 0 saturated carbocycles. The summed E-state index contributed by atoms with van der Waals surface area (Å²) in [6.07, 6.45) is 0. The van der Waals surface area contributed by atoms with Gasteiger partial charge in [0.2, 0.25) is 0 Å². The number of aryl methyl sites for hydroxylation is 1. The van der Waals surface area contributed by atoms with Crippen LogP contribution in [-0.2, 0) is 9.53 Å². The lowest BCUT2D eigenvalue weighted by Gasteiger charge is -2.11. The molecule has 0 unspecified atom stereocenters. The highest BCUT2D eigenvalue weighted by Crippen LogP contribution is 2.35. The second-order valence-corrected chi connectivity index (χ2v) is 6.16. The first-order chi connectivity index (χ1) is 12.3. The molecule has 1 amide bonds. The van der Waals surface area contributed by atoms with Gasteiger partial charge in [-0.3, -0.25) is 4.79 Å². The minimum Gasteiger partial charge on any atom is -0.503 e. The second kappa shape index (κ2) is 8.78. The van der Waals surface area contributed by atoms with Crippen molar-refractivity contribution in [3.8, 4) is 11.5 Å². The highest BCUT2D eigenvalue weighted by Gasteiger charge is 2.17. The lowest BCUT2D eigenvalue weighted by atomic mass is 10.2. The highest BCUT2D eigenvalue weighted by molar-refractivity contribution is 6.33. The van der Waals surface area contributed by atoms with Gasteiger partial charge in [-0.05, 0) is 43.7 Å². The van der Waals surface area contributed by atoms with Crippen LogP contribution in [0.1, 0.15) is 22.8 Å². The molecule has 0 aliphatic carbocycles. The second-order valence-electron chi connectivity index (χ2n) is 5.35. The first-order valence-electron chi connectivity index (χ1n) is 7.70. The molecule has 2 rings (SSSR count). The Hall–Kier alpha value is -2.44. The fourth-order valence-electron chi connectivity index (χ4n) is 2.08. The average Bonchev–Trinajstić information content (AvgIpc) is 2.59. The quantitative estimate of drug-likeness (QED) is 0.713. The van der Waals surface area contributed by atoms with Gasteiger partial charge in [-0.2, -0.15) is 0 Å². The Balaban J connectivity index is 2.00. The van der Waals surface area contributed by atoms with E-state index in [0.717, 1.165) is 5.56 Å². The van der Waals surface area contributed by atoms with Crippen LogP contribution < -0.4 is 10.1 Å². The van der Waals surface area contributed by atoms with E-state index in [4.69, 9.17) is 32.7 Å². The first-order valence-corrected chi connectivity index (χ1v) is 8.45. The van der Waals surface area contributed by atoms with Crippen LogP contribution in [0.5, 0.6) is 11.5 Å². The Kier molecular flexibility index (Phi) is 6.71. The zero-order valence-corrected chi connectivity index (χ0v) is 15.6. The zero-order chi connectivity index (χ0) is 19.3. The van der Waals surface area contributed by atoms with Crippen molar-refractivity contribution in [1.29, 1.82) is 0 Å². The number of phenols is 1. The Morgan fingerprint density at radius 1 is 1.15 bits per heavy atom. The molecule has 0 saturated heterocycles. The summed E-state index contributed by atoms with van der Waals surface area (Å²) in [5.74, 6) is -1.53. The number of esters is 1. The fraction of sp³-hybridized carbons (Fsp3) is 0.222. The maximum atomic E-state index is 12.1. The van der Waals surface area contributed by atoms with E-state index >= 15 is 0 Å². The van der Waals surface area contributed by atoms with E-state index in [1.165, 1.54) is 12.1 Å². The number of carbonyl (C=O) groups is 2. The van der Waals surface area contributed by atoms with Crippen molar-refractivity contribution in [2.75, 3.05) is 18.5 Å². The van der Waals surface area contributed by atoms with Crippen molar-refractivity contribution < 1.29 is 24.2 Å². The van der Waals surface area contributed by atoms with Crippen LogP contribution >= 0.6 is 23.2 Å². The van der Waals surface area contributed by atoms with Gasteiger partial charge in [0.25, 0.3) is 5.91 Å². The number of hydrogen-bond acceptors (Lipinski definition) is 5. The van der Waals surface area contributed by atoms with Crippen LogP contribution in [0.4, 0.5) is 5.69 Å². The van der Waals surface area contributed by atoms with Crippen molar-refractivity contribution >= 4 is 40.8 Å². The monoisotopic (exact) mass is 397 g/mol. The van der Waals surface area contributed by atoms with Crippen LogP contribution in [-0.4, -0.2) is 30.2 Å². The molecule has 0 bridgehead atoms. The summed E-state index contributed by atoms with van der Waals surface area (Å²) in [5, 5.41) is 12.7. The lowest BCUT2D eigenvalue weighted by Crippen LogP contribution is -2.21. The van der Waals surface area contributed by atoms with Gasteiger partial charge in [0, 0.05) is 0 Å². The normalized spacial score (nSPS) is 10.3. The third kappa shape index (κ3) is 5.03. The molecule has 2 N–H and O–H groups in total.